The second-order valence-corrected chi connectivity index (χ2v) is 4.88. The monoisotopic (exact) mass is 776 g/mol. The van der Waals surface area contributed by atoms with Crippen LogP contribution in [0.4, 0.5) is 0 Å². The van der Waals surface area contributed by atoms with E-state index in [2.05, 4.69) is 84.2 Å². The quantitative estimate of drug-likeness (QED) is 0.0459. The second kappa shape index (κ2) is 26.6. The predicted octanol–water partition coefficient (Wildman–Crippen LogP) is -2.74. The molecule has 0 aliphatic carbocycles. The fraction of sp³-hybridized carbons (Fsp3) is 0. The molecule has 0 atom stereocenters. The summed E-state index contributed by atoms with van der Waals surface area (Å²) in [5.74, 6) is -1.55. The molecule has 0 aliphatic rings. The van der Waals surface area contributed by atoms with Crippen LogP contribution in [0.3, 0.4) is 0 Å². The molecule has 0 bridgehead atoms. The molecule has 24 N–H and O–H groups in total. The molecule has 0 amide bonds. The molecule has 42 heteroatoms. The first-order valence-corrected chi connectivity index (χ1v) is 7.75. The third kappa shape index (κ3) is 15.5. The van der Waals surface area contributed by atoms with Crippen LogP contribution in [-0.4, -0.2) is 101 Å². The van der Waals surface area contributed by atoms with Crippen LogP contribution >= 0.6 is 0 Å². The van der Waals surface area contributed by atoms with Crippen LogP contribution in [0.15, 0.2) is 0 Å². The van der Waals surface area contributed by atoms with Gasteiger partial charge < -0.3 is 89.7 Å². The van der Waals surface area contributed by atoms with Crippen molar-refractivity contribution in [1.82, 2.24) is 130 Å². The van der Waals surface area contributed by atoms with E-state index < -0.39 is 20.1 Å². The molecule has 0 spiro atoms. The SMILES string of the molecule is N.N.N.N.N.N.N.N.O=[N+]([O-])[N-]n1nnnc1-c1nnnn1[N-][N+](=O)[O-].O=[N+]([O-])[N-]n1nnnc1-c1nnnn1[N-][N+](=O)[O-].[Zn+2].[Zn+2]. The van der Waals surface area contributed by atoms with Gasteiger partial charge >= 0.3 is 62.3 Å². The second-order valence-electron chi connectivity index (χ2n) is 4.88. The summed E-state index contributed by atoms with van der Waals surface area (Å²) in [6, 6.07) is 0. The van der Waals surface area contributed by atoms with Gasteiger partial charge in [0.05, 0.1) is 0 Å². The summed E-state index contributed by atoms with van der Waals surface area (Å²) in [6.45, 7) is 0. The van der Waals surface area contributed by atoms with E-state index >= 15 is 0 Å². The number of nitro groups is 4. The minimum atomic E-state index is -1.07. The normalized spacial score (nSPS) is 7.83. The molecule has 0 aromatic carbocycles. The molecule has 40 nitrogen and oxygen atoms in total. The molecule has 252 valence electrons. The van der Waals surface area contributed by atoms with Crippen molar-refractivity contribution in [2.24, 2.45) is 0 Å². The Kier molecular flexibility index (Phi) is 34.4. The first kappa shape index (κ1) is 59.4. The zero-order chi connectivity index (χ0) is 26.2. The first-order valence-electron chi connectivity index (χ1n) is 7.75. The fourth-order valence-corrected chi connectivity index (χ4v) is 1.78. The zero-order valence-corrected chi connectivity index (χ0v) is 29.0. The Labute approximate surface area is 275 Å². The largest absolute Gasteiger partial charge is 2.00 e. The van der Waals surface area contributed by atoms with Gasteiger partial charge in [-0.2, -0.15) is 20.9 Å². The Bertz CT molecular complexity index is 1180. The van der Waals surface area contributed by atoms with Crippen molar-refractivity contribution in [3.63, 3.8) is 0 Å². The molecular formula is C4H24N32O8Zn2. The number of nitrogens with zero attached hydrogens (tertiary/aromatic N) is 24. The topological polar surface area (TPSA) is 683 Å². The van der Waals surface area contributed by atoms with Gasteiger partial charge in [0.1, 0.15) is 0 Å². The van der Waals surface area contributed by atoms with Crippen molar-refractivity contribution in [1.29, 1.82) is 0 Å². The Hall–Kier alpha value is -5.99. The molecule has 0 unspecified atom stereocenters. The average Bonchev–Trinajstić information content (AvgIpc) is 3.55. The summed E-state index contributed by atoms with van der Waals surface area (Å²) in [4.78, 5) is 42.3. The van der Waals surface area contributed by atoms with Crippen molar-refractivity contribution in [2.75, 3.05) is 0 Å². The van der Waals surface area contributed by atoms with E-state index in [4.69, 9.17) is 0 Å². The van der Waals surface area contributed by atoms with E-state index in [0.717, 1.165) is 0 Å². The minimum Gasteiger partial charge on any atom is -0.355 e. The summed E-state index contributed by atoms with van der Waals surface area (Å²) in [5, 5.41) is 74.8. The Balaban J connectivity index is -0.0000000860. The summed E-state index contributed by atoms with van der Waals surface area (Å²) >= 11 is 0. The molecule has 4 aromatic rings. The number of tetrazole rings is 4. The molecule has 4 heterocycles. The van der Waals surface area contributed by atoms with Gasteiger partial charge in [-0.3, -0.25) is 0 Å². The Morgan fingerprint density at radius 1 is 0.391 bits per heavy atom. The average molecular weight is 779 g/mol. The predicted molar refractivity (Wildman–Crippen MR) is 132 cm³/mol. The van der Waals surface area contributed by atoms with Gasteiger partial charge in [0, 0.05) is 0 Å². The van der Waals surface area contributed by atoms with Crippen molar-refractivity contribution in [2.45, 2.75) is 0 Å². The molecule has 0 saturated carbocycles. The van der Waals surface area contributed by atoms with Gasteiger partial charge in [-0.05, 0) is 20.1 Å². The fourth-order valence-electron chi connectivity index (χ4n) is 1.78. The Morgan fingerprint density at radius 3 is 0.674 bits per heavy atom. The van der Waals surface area contributed by atoms with Gasteiger partial charge in [0.15, 0.2) is 0 Å². The number of aromatic nitrogens is 16. The number of hydrogen-bond donors (Lipinski definition) is 8. The van der Waals surface area contributed by atoms with Crippen molar-refractivity contribution < 1.29 is 59.1 Å². The minimum absolute atomic E-state index is 0. The van der Waals surface area contributed by atoms with Crippen LogP contribution in [0.1, 0.15) is 0 Å². The third-order valence-corrected chi connectivity index (χ3v) is 2.85. The van der Waals surface area contributed by atoms with Crippen LogP contribution in [0, 0.1) is 40.5 Å². The van der Waals surface area contributed by atoms with Gasteiger partial charge in [0.25, 0.3) is 0 Å². The summed E-state index contributed by atoms with van der Waals surface area (Å²) in [7, 11) is 0. The number of hydrogen-bond acceptors (Lipinski definition) is 28. The zero-order valence-electron chi connectivity index (χ0n) is 23.1. The number of rotatable bonds is 10. The molecule has 4 aromatic heterocycles. The van der Waals surface area contributed by atoms with E-state index in [1.807, 2.05) is 0 Å². The summed E-state index contributed by atoms with van der Waals surface area (Å²) in [6.07, 6.45) is 0. The van der Waals surface area contributed by atoms with Crippen molar-refractivity contribution in [3.8, 4) is 23.3 Å². The van der Waals surface area contributed by atoms with Crippen LogP contribution in [0.25, 0.3) is 45.4 Å². The molecule has 0 radical (unpaired) electrons. The van der Waals surface area contributed by atoms with Gasteiger partial charge in [-0.1, -0.05) is 42.5 Å². The van der Waals surface area contributed by atoms with Gasteiger partial charge in [-0.15, -0.1) is 40.0 Å². The maximum atomic E-state index is 10.2. The van der Waals surface area contributed by atoms with E-state index in [1.54, 1.807) is 0 Å². The first-order chi connectivity index (χ1) is 17.2. The Morgan fingerprint density at radius 2 is 0.543 bits per heavy atom. The summed E-state index contributed by atoms with van der Waals surface area (Å²) in [5.41, 5.74) is 11.1. The van der Waals surface area contributed by atoms with Crippen LogP contribution < -0.4 is 49.2 Å². The van der Waals surface area contributed by atoms with Crippen LogP contribution in [0.5, 0.6) is 0 Å². The molecule has 0 saturated heterocycles. The molecule has 4 rings (SSSR count). The van der Waals surface area contributed by atoms with Crippen molar-refractivity contribution in [3.05, 3.63) is 62.6 Å². The van der Waals surface area contributed by atoms with E-state index in [0.29, 0.717) is 19.2 Å². The maximum Gasteiger partial charge on any atom is 2.00 e. The van der Waals surface area contributed by atoms with E-state index in [-0.39, 0.29) is 111 Å². The van der Waals surface area contributed by atoms with Crippen molar-refractivity contribution >= 4 is 0 Å². The summed E-state index contributed by atoms with van der Waals surface area (Å²) < 4.78 is 0. The van der Waals surface area contributed by atoms with Gasteiger partial charge in [-0.25, -0.2) is 0 Å². The standard InChI is InChI=1S/2C2N12O4.8H3N.2Zn/c2*15-13(16)9-11-1(3-5-7-11)2-4-6-8-12(2)10-14(17)18;;;;;;;;;;/h;;8*1H3;;/q2*-2;;;;;;;;;2*+2. The third-order valence-electron chi connectivity index (χ3n) is 2.85. The van der Waals surface area contributed by atoms with E-state index in [9.17, 15) is 40.5 Å². The van der Waals surface area contributed by atoms with Gasteiger partial charge in [0.2, 0.25) is 0 Å². The smallest absolute Gasteiger partial charge is 0.355 e. The molecule has 46 heavy (non-hydrogen) atoms. The van der Waals surface area contributed by atoms with Crippen LogP contribution in [-0.2, 0) is 39.0 Å². The maximum absolute atomic E-state index is 10.2. The van der Waals surface area contributed by atoms with E-state index in [1.165, 1.54) is 0 Å². The molecule has 0 aliphatic heterocycles. The van der Waals surface area contributed by atoms with Crippen LogP contribution in [0.2, 0.25) is 0 Å². The molecular weight excluding hydrogens is 755 g/mol. The molecule has 0 fully saturated rings.